The van der Waals surface area contributed by atoms with Crippen LogP contribution in [-0.4, -0.2) is 47.3 Å². The SMILES string of the molecule is CC(C)=C(C(=O)OCc1ccc([N+](=O)[O-])cc1)N1C(=O)[C@H]([C@@H](C)O[Si](C)(C)C(C)(C)C)[C@H]1CC(=O)Sc1ccccc1. The average Bonchev–Trinajstić information content (AvgIpc) is 2.89. The van der Waals surface area contributed by atoms with Crippen LogP contribution in [0.25, 0.3) is 0 Å². The Balaban J connectivity index is 1.85. The van der Waals surface area contributed by atoms with Crippen molar-refractivity contribution < 1.29 is 28.5 Å². The maximum Gasteiger partial charge on any atom is 0.355 e. The second kappa shape index (κ2) is 13.3. The number of hydrogen-bond donors (Lipinski definition) is 0. The Morgan fingerprint density at radius 3 is 2.19 bits per heavy atom. The zero-order valence-corrected chi connectivity index (χ0v) is 27.3. The van der Waals surface area contributed by atoms with E-state index < -0.39 is 37.3 Å². The first kappa shape index (κ1) is 33.2. The van der Waals surface area contributed by atoms with Gasteiger partial charge < -0.3 is 14.1 Å². The topological polar surface area (TPSA) is 116 Å². The van der Waals surface area contributed by atoms with Crippen molar-refractivity contribution in [1.82, 2.24) is 4.90 Å². The summed E-state index contributed by atoms with van der Waals surface area (Å²) in [6, 6.07) is 14.4. The molecule has 0 saturated carbocycles. The summed E-state index contributed by atoms with van der Waals surface area (Å²) in [7, 11) is -2.23. The normalized spacial score (nSPS) is 17.7. The summed E-state index contributed by atoms with van der Waals surface area (Å²) in [5, 5.41) is 10.7. The highest BCUT2D eigenvalue weighted by molar-refractivity contribution is 8.13. The number of hydrogen-bond acceptors (Lipinski definition) is 8. The third-order valence-corrected chi connectivity index (χ3v) is 13.3. The predicted octanol–water partition coefficient (Wildman–Crippen LogP) is 6.88. The zero-order valence-electron chi connectivity index (χ0n) is 25.5. The van der Waals surface area contributed by atoms with Crippen molar-refractivity contribution in [3.05, 3.63) is 81.5 Å². The summed E-state index contributed by atoms with van der Waals surface area (Å²) in [4.78, 5) is 53.0. The van der Waals surface area contributed by atoms with Crippen LogP contribution < -0.4 is 0 Å². The van der Waals surface area contributed by atoms with Gasteiger partial charge in [-0.25, -0.2) is 4.79 Å². The molecule has 0 bridgehead atoms. The zero-order chi connectivity index (χ0) is 31.4. The van der Waals surface area contributed by atoms with Crippen LogP contribution in [0.4, 0.5) is 5.69 Å². The first-order valence-corrected chi connectivity index (χ1v) is 17.6. The fraction of sp³-hybridized carbons (Fsp3) is 0.452. The molecule has 0 aromatic heterocycles. The number of nitrogens with zero attached hydrogens (tertiary/aromatic N) is 2. The van der Waals surface area contributed by atoms with Crippen molar-refractivity contribution in [2.75, 3.05) is 0 Å². The molecule has 3 rings (SSSR count). The first-order chi connectivity index (χ1) is 19.5. The van der Waals surface area contributed by atoms with Crippen LogP contribution in [0, 0.1) is 16.0 Å². The number of amides is 1. The monoisotopic (exact) mass is 612 g/mol. The van der Waals surface area contributed by atoms with E-state index in [1.807, 2.05) is 37.3 Å². The molecule has 3 atom stereocenters. The molecule has 2 aromatic rings. The molecule has 1 saturated heterocycles. The molecule has 2 aromatic carbocycles. The van der Waals surface area contributed by atoms with Gasteiger partial charge in [0.25, 0.3) is 5.69 Å². The molecule has 0 N–H and O–H groups in total. The number of benzene rings is 2. The third kappa shape index (κ3) is 7.76. The van der Waals surface area contributed by atoms with Gasteiger partial charge >= 0.3 is 5.97 Å². The van der Waals surface area contributed by atoms with Crippen molar-refractivity contribution in [3.8, 4) is 0 Å². The van der Waals surface area contributed by atoms with Crippen molar-refractivity contribution in [2.45, 2.75) is 89.7 Å². The van der Waals surface area contributed by atoms with Crippen molar-refractivity contribution >= 4 is 42.8 Å². The Morgan fingerprint density at radius 1 is 1.07 bits per heavy atom. The smallest absolute Gasteiger partial charge is 0.355 e. The molecule has 0 radical (unpaired) electrons. The van der Waals surface area contributed by atoms with Gasteiger partial charge in [0.15, 0.2) is 13.4 Å². The van der Waals surface area contributed by atoms with Crippen LogP contribution in [0.5, 0.6) is 0 Å². The maximum atomic E-state index is 13.8. The lowest BCUT2D eigenvalue weighted by Gasteiger charge is -2.51. The number of rotatable bonds is 11. The van der Waals surface area contributed by atoms with Crippen molar-refractivity contribution in [2.24, 2.45) is 5.92 Å². The summed E-state index contributed by atoms with van der Waals surface area (Å²) in [5.41, 5.74) is 1.17. The molecular formula is C31H40N2O7SSi. The highest BCUT2D eigenvalue weighted by atomic mass is 32.2. The average molecular weight is 613 g/mol. The van der Waals surface area contributed by atoms with Gasteiger partial charge in [0.05, 0.1) is 23.0 Å². The number of carbonyl (C=O) groups is 3. The van der Waals surface area contributed by atoms with Gasteiger partial charge in [-0.2, -0.15) is 0 Å². The number of nitro benzene ring substituents is 1. The standard InChI is InChI=1S/C31H40N2O7SSi/c1-20(2)28(30(36)39-19-22-14-16-23(17-15-22)33(37)38)32-25(18-26(34)41-24-12-10-9-11-13-24)27(29(32)35)21(3)40-42(7,8)31(4,5)6/h9-17,21,25,27H,18-19H2,1-8H3/t21-,25-,27-/m1/s1. The fourth-order valence-electron chi connectivity index (χ4n) is 4.60. The van der Waals surface area contributed by atoms with Gasteiger partial charge in [-0.15, -0.1) is 0 Å². The Labute approximate surface area is 252 Å². The van der Waals surface area contributed by atoms with Gasteiger partial charge in [0.2, 0.25) is 5.91 Å². The lowest BCUT2D eigenvalue weighted by molar-refractivity contribution is -0.384. The summed E-state index contributed by atoms with van der Waals surface area (Å²) >= 11 is 1.11. The van der Waals surface area contributed by atoms with Gasteiger partial charge in [-0.05, 0) is 74.3 Å². The number of non-ortho nitro benzene ring substituents is 1. The van der Waals surface area contributed by atoms with E-state index in [1.165, 1.54) is 29.2 Å². The predicted molar refractivity (Wildman–Crippen MR) is 165 cm³/mol. The van der Waals surface area contributed by atoms with Crippen LogP contribution in [0.3, 0.4) is 0 Å². The Morgan fingerprint density at radius 2 is 1.67 bits per heavy atom. The summed E-state index contributed by atoms with van der Waals surface area (Å²) < 4.78 is 12.1. The van der Waals surface area contributed by atoms with Crippen LogP contribution in [0.2, 0.25) is 18.1 Å². The fourth-order valence-corrected chi connectivity index (χ4v) is 6.84. The quantitative estimate of drug-likeness (QED) is 0.0513. The molecule has 226 valence electrons. The number of ether oxygens (including phenoxy) is 1. The van der Waals surface area contributed by atoms with E-state index in [9.17, 15) is 24.5 Å². The Hall–Kier alpha value is -3.28. The van der Waals surface area contributed by atoms with Crippen LogP contribution in [0.1, 0.15) is 53.5 Å². The second-order valence-electron chi connectivity index (χ2n) is 12.2. The van der Waals surface area contributed by atoms with Gasteiger partial charge in [-0.1, -0.05) is 50.7 Å². The van der Waals surface area contributed by atoms with E-state index in [-0.39, 0.29) is 40.5 Å². The number of nitro groups is 1. The van der Waals surface area contributed by atoms with Crippen LogP contribution in [-0.2, 0) is 30.2 Å². The minimum absolute atomic E-state index is 0.0353. The number of esters is 1. The maximum absolute atomic E-state index is 13.8. The van der Waals surface area contributed by atoms with E-state index in [0.29, 0.717) is 11.1 Å². The number of β-lactam (4-membered cyclic amide) rings is 1. The molecular weight excluding hydrogens is 573 g/mol. The third-order valence-electron chi connectivity index (χ3n) is 7.84. The lowest BCUT2D eigenvalue weighted by atomic mass is 9.80. The molecule has 1 heterocycles. The highest BCUT2D eigenvalue weighted by Crippen LogP contribution is 2.43. The Kier molecular flexibility index (Phi) is 10.6. The van der Waals surface area contributed by atoms with Crippen LogP contribution in [0.15, 0.2) is 70.8 Å². The van der Waals surface area contributed by atoms with Gasteiger partial charge in [0.1, 0.15) is 12.3 Å². The second-order valence-corrected chi connectivity index (χ2v) is 18.1. The number of likely N-dealkylation sites (tertiary alicyclic amines) is 1. The first-order valence-electron chi connectivity index (χ1n) is 13.9. The highest BCUT2D eigenvalue weighted by Gasteiger charge is 2.55. The summed E-state index contributed by atoms with van der Waals surface area (Å²) in [6.45, 7) is 15.8. The largest absolute Gasteiger partial charge is 0.456 e. The minimum atomic E-state index is -2.23. The molecule has 0 spiro atoms. The molecule has 0 unspecified atom stereocenters. The van der Waals surface area contributed by atoms with Crippen LogP contribution >= 0.6 is 11.8 Å². The van der Waals surface area contributed by atoms with Crippen molar-refractivity contribution in [1.29, 1.82) is 0 Å². The van der Waals surface area contributed by atoms with Gasteiger partial charge in [-0.3, -0.25) is 19.7 Å². The van der Waals surface area contributed by atoms with E-state index in [0.717, 1.165) is 16.7 Å². The molecule has 1 amide bonds. The summed E-state index contributed by atoms with van der Waals surface area (Å²) in [6.07, 6.45) is -0.420. The van der Waals surface area contributed by atoms with E-state index in [1.54, 1.807) is 13.8 Å². The number of thioether (sulfide) groups is 1. The van der Waals surface area contributed by atoms with E-state index in [2.05, 4.69) is 33.9 Å². The molecule has 0 aliphatic carbocycles. The lowest BCUT2D eigenvalue weighted by Crippen LogP contribution is -2.66. The number of carbonyl (C=O) groups excluding carboxylic acids is 3. The summed E-state index contributed by atoms with van der Waals surface area (Å²) in [5.74, 6) is -1.59. The van der Waals surface area contributed by atoms with Crippen molar-refractivity contribution in [3.63, 3.8) is 0 Å². The minimum Gasteiger partial charge on any atom is -0.456 e. The van der Waals surface area contributed by atoms with Gasteiger partial charge in [0, 0.05) is 23.4 Å². The molecule has 42 heavy (non-hydrogen) atoms. The Bertz CT molecular complexity index is 1350. The molecule has 1 aliphatic rings. The molecule has 9 nitrogen and oxygen atoms in total. The number of allylic oxidation sites excluding steroid dienone is 1. The van der Waals surface area contributed by atoms with E-state index >= 15 is 0 Å². The molecule has 1 fully saturated rings. The van der Waals surface area contributed by atoms with E-state index in [4.69, 9.17) is 9.16 Å². The molecule has 1 aliphatic heterocycles. The molecule has 11 heteroatoms.